The topological polar surface area (TPSA) is 55.8 Å². The standard InChI is InChI=1S/C11H12O4/c12-10(13)6-8-2-1-3-9-7-14-4-5-15-11(8)9/h1-3H,4-7H2,(H,12,13). The lowest BCUT2D eigenvalue weighted by atomic mass is 10.1. The molecule has 0 spiro atoms. The Kier molecular flexibility index (Phi) is 2.87. The molecular weight excluding hydrogens is 196 g/mol. The van der Waals surface area contributed by atoms with Crippen LogP contribution >= 0.6 is 0 Å². The number of carbonyl (C=O) groups is 1. The van der Waals surface area contributed by atoms with Crippen LogP contribution in [0.25, 0.3) is 0 Å². The van der Waals surface area contributed by atoms with E-state index in [9.17, 15) is 4.79 Å². The molecule has 0 fully saturated rings. The molecule has 80 valence electrons. The van der Waals surface area contributed by atoms with Crippen molar-refractivity contribution in [1.82, 2.24) is 0 Å². The lowest BCUT2D eigenvalue weighted by molar-refractivity contribution is -0.136. The SMILES string of the molecule is O=C(O)Cc1cccc2c1OCCOC2. The van der Waals surface area contributed by atoms with Gasteiger partial charge in [-0.1, -0.05) is 18.2 Å². The van der Waals surface area contributed by atoms with Gasteiger partial charge in [-0.05, 0) is 0 Å². The molecule has 1 aliphatic heterocycles. The Morgan fingerprint density at radius 2 is 2.27 bits per heavy atom. The lowest BCUT2D eigenvalue weighted by Crippen LogP contribution is -2.06. The van der Waals surface area contributed by atoms with Crippen LogP contribution in [0.3, 0.4) is 0 Å². The Hall–Kier alpha value is -1.55. The summed E-state index contributed by atoms with van der Waals surface area (Å²) in [6.45, 7) is 1.51. The lowest BCUT2D eigenvalue weighted by Gasteiger charge is -2.10. The molecule has 1 N–H and O–H groups in total. The number of rotatable bonds is 2. The van der Waals surface area contributed by atoms with Crippen molar-refractivity contribution in [1.29, 1.82) is 0 Å². The molecule has 0 atom stereocenters. The molecule has 0 aliphatic carbocycles. The molecule has 0 saturated heterocycles. The summed E-state index contributed by atoms with van der Waals surface area (Å²) in [5.74, 6) is -0.172. The summed E-state index contributed by atoms with van der Waals surface area (Å²) in [7, 11) is 0. The van der Waals surface area contributed by atoms with Gasteiger partial charge >= 0.3 is 5.97 Å². The summed E-state index contributed by atoms with van der Waals surface area (Å²) in [5, 5.41) is 8.75. The van der Waals surface area contributed by atoms with Crippen molar-refractivity contribution in [2.75, 3.05) is 13.2 Å². The average molecular weight is 208 g/mol. The summed E-state index contributed by atoms with van der Waals surface area (Å²) in [6.07, 6.45) is -0.0107. The molecule has 1 heterocycles. The molecule has 1 aromatic carbocycles. The highest BCUT2D eigenvalue weighted by atomic mass is 16.5. The molecule has 1 aromatic rings. The van der Waals surface area contributed by atoms with E-state index in [2.05, 4.69) is 0 Å². The minimum atomic E-state index is -0.850. The molecule has 4 nitrogen and oxygen atoms in total. The normalized spacial score (nSPS) is 14.9. The molecular formula is C11H12O4. The van der Waals surface area contributed by atoms with Crippen molar-refractivity contribution < 1.29 is 19.4 Å². The van der Waals surface area contributed by atoms with Crippen LogP contribution < -0.4 is 4.74 Å². The number of hydrogen-bond donors (Lipinski definition) is 1. The first-order valence-electron chi connectivity index (χ1n) is 4.80. The largest absolute Gasteiger partial charge is 0.491 e. The minimum Gasteiger partial charge on any atom is -0.491 e. The molecule has 0 bridgehead atoms. The molecule has 1 aliphatic rings. The maximum atomic E-state index is 10.7. The van der Waals surface area contributed by atoms with Crippen LogP contribution in [-0.4, -0.2) is 24.3 Å². The number of para-hydroxylation sites is 1. The first kappa shape index (κ1) is 9.98. The second-order valence-electron chi connectivity index (χ2n) is 3.38. The average Bonchev–Trinajstić information content (AvgIpc) is 2.42. The van der Waals surface area contributed by atoms with Gasteiger partial charge in [-0.2, -0.15) is 0 Å². The van der Waals surface area contributed by atoms with Crippen LogP contribution in [0.2, 0.25) is 0 Å². The van der Waals surface area contributed by atoms with Gasteiger partial charge in [-0.25, -0.2) is 0 Å². The van der Waals surface area contributed by atoms with Gasteiger partial charge in [0.25, 0.3) is 0 Å². The number of carboxylic acids is 1. The maximum Gasteiger partial charge on any atom is 0.307 e. The van der Waals surface area contributed by atoms with Gasteiger partial charge in [0.2, 0.25) is 0 Å². The van der Waals surface area contributed by atoms with E-state index in [-0.39, 0.29) is 6.42 Å². The fourth-order valence-corrected chi connectivity index (χ4v) is 1.62. The molecule has 4 heteroatoms. The molecule has 0 aromatic heterocycles. The zero-order chi connectivity index (χ0) is 10.7. The van der Waals surface area contributed by atoms with E-state index in [4.69, 9.17) is 14.6 Å². The van der Waals surface area contributed by atoms with E-state index >= 15 is 0 Å². The Morgan fingerprint density at radius 3 is 3.07 bits per heavy atom. The summed E-state index contributed by atoms with van der Waals surface area (Å²) >= 11 is 0. The summed E-state index contributed by atoms with van der Waals surface area (Å²) in [6, 6.07) is 5.50. The smallest absolute Gasteiger partial charge is 0.307 e. The van der Waals surface area contributed by atoms with Crippen LogP contribution in [0.1, 0.15) is 11.1 Å². The zero-order valence-electron chi connectivity index (χ0n) is 8.23. The number of benzene rings is 1. The van der Waals surface area contributed by atoms with Gasteiger partial charge in [0.05, 0.1) is 19.6 Å². The predicted octanol–water partition coefficient (Wildman–Crippen LogP) is 1.22. The quantitative estimate of drug-likeness (QED) is 0.794. The molecule has 0 amide bonds. The van der Waals surface area contributed by atoms with Gasteiger partial charge < -0.3 is 14.6 Å². The van der Waals surface area contributed by atoms with Crippen molar-refractivity contribution in [3.63, 3.8) is 0 Å². The Morgan fingerprint density at radius 1 is 1.40 bits per heavy atom. The predicted molar refractivity (Wildman–Crippen MR) is 52.9 cm³/mol. The van der Waals surface area contributed by atoms with Gasteiger partial charge in [-0.15, -0.1) is 0 Å². The number of ether oxygens (including phenoxy) is 2. The third kappa shape index (κ3) is 2.27. The van der Waals surface area contributed by atoms with Crippen molar-refractivity contribution in [2.24, 2.45) is 0 Å². The van der Waals surface area contributed by atoms with E-state index in [1.807, 2.05) is 12.1 Å². The second-order valence-corrected chi connectivity index (χ2v) is 3.38. The third-order valence-corrected chi connectivity index (χ3v) is 2.25. The maximum absolute atomic E-state index is 10.7. The summed E-state index contributed by atoms with van der Waals surface area (Å²) < 4.78 is 10.8. The second kappa shape index (κ2) is 4.31. The third-order valence-electron chi connectivity index (χ3n) is 2.25. The van der Waals surface area contributed by atoms with Crippen LogP contribution in [-0.2, 0) is 22.6 Å². The Balaban J connectivity index is 2.34. The van der Waals surface area contributed by atoms with Gasteiger partial charge in [0.15, 0.2) is 0 Å². The van der Waals surface area contributed by atoms with E-state index in [1.54, 1.807) is 6.07 Å². The van der Waals surface area contributed by atoms with Crippen molar-refractivity contribution >= 4 is 5.97 Å². The fraction of sp³-hybridized carbons (Fsp3) is 0.364. The van der Waals surface area contributed by atoms with Crippen molar-refractivity contribution in [2.45, 2.75) is 13.0 Å². The van der Waals surface area contributed by atoms with E-state index in [0.717, 1.165) is 5.56 Å². The zero-order valence-corrected chi connectivity index (χ0v) is 8.23. The highest BCUT2D eigenvalue weighted by Crippen LogP contribution is 2.27. The van der Waals surface area contributed by atoms with Crippen LogP contribution in [0.5, 0.6) is 5.75 Å². The van der Waals surface area contributed by atoms with Crippen LogP contribution in [0.4, 0.5) is 0 Å². The van der Waals surface area contributed by atoms with E-state index < -0.39 is 5.97 Å². The number of hydrogen-bond acceptors (Lipinski definition) is 3. The number of fused-ring (bicyclic) bond motifs is 1. The Bertz CT molecular complexity index is 373. The first-order chi connectivity index (χ1) is 7.27. The van der Waals surface area contributed by atoms with E-state index in [0.29, 0.717) is 31.1 Å². The summed E-state index contributed by atoms with van der Waals surface area (Å²) in [4.78, 5) is 10.7. The fourth-order valence-electron chi connectivity index (χ4n) is 1.62. The van der Waals surface area contributed by atoms with Gasteiger partial charge in [0.1, 0.15) is 12.4 Å². The highest BCUT2D eigenvalue weighted by molar-refractivity contribution is 5.71. The highest BCUT2D eigenvalue weighted by Gasteiger charge is 2.14. The van der Waals surface area contributed by atoms with Crippen molar-refractivity contribution in [3.8, 4) is 5.75 Å². The molecule has 0 saturated carbocycles. The first-order valence-corrected chi connectivity index (χ1v) is 4.80. The monoisotopic (exact) mass is 208 g/mol. The summed E-state index contributed by atoms with van der Waals surface area (Å²) in [5.41, 5.74) is 1.64. The molecule has 0 radical (unpaired) electrons. The van der Waals surface area contributed by atoms with Gasteiger partial charge in [-0.3, -0.25) is 4.79 Å². The Labute approximate surface area is 87.4 Å². The van der Waals surface area contributed by atoms with Gasteiger partial charge in [0, 0.05) is 11.1 Å². The van der Waals surface area contributed by atoms with Crippen molar-refractivity contribution in [3.05, 3.63) is 29.3 Å². The molecule has 15 heavy (non-hydrogen) atoms. The minimum absolute atomic E-state index is 0.0107. The van der Waals surface area contributed by atoms with Crippen LogP contribution in [0, 0.1) is 0 Å². The van der Waals surface area contributed by atoms with E-state index in [1.165, 1.54) is 0 Å². The molecule has 2 rings (SSSR count). The molecule has 0 unspecified atom stereocenters. The van der Waals surface area contributed by atoms with Crippen LogP contribution in [0.15, 0.2) is 18.2 Å². The number of aliphatic carboxylic acids is 1. The number of carboxylic acid groups (broad SMARTS) is 1.